The van der Waals surface area contributed by atoms with Gasteiger partial charge in [-0.05, 0) is 63.4 Å². The van der Waals surface area contributed by atoms with Crippen LogP contribution in [-0.2, 0) is 23.5 Å². The first kappa shape index (κ1) is 28.7. The molecule has 0 bridgehead atoms. The van der Waals surface area contributed by atoms with Gasteiger partial charge in [-0.1, -0.05) is 63.6 Å². The summed E-state index contributed by atoms with van der Waals surface area (Å²) in [6.07, 6.45) is 0. The van der Waals surface area contributed by atoms with Crippen molar-refractivity contribution >= 4 is 21.9 Å². The Morgan fingerprint density at radius 2 is 1.14 bits per heavy atom. The Balaban J connectivity index is 2.41. The molecule has 0 aromatic heterocycles. The molecule has 0 aliphatic heterocycles. The minimum atomic E-state index is -5.58. The summed E-state index contributed by atoms with van der Waals surface area (Å²) in [5, 5.41) is 0.933. The summed E-state index contributed by atoms with van der Waals surface area (Å²) in [6.45, 7) is 12.7. The maximum Gasteiger partial charge on any atom is 0.460 e. The first-order chi connectivity index (χ1) is 17.1. The van der Waals surface area contributed by atoms with Gasteiger partial charge in [0.05, 0.1) is 15.9 Å². The van der Waals surface area contributed by atoms with Crippen LogP contribution in [0.15, 0.2) is 35.2 Å². The van der Waals surface area contributed by atoms with Gasteiger partial charge in [0.2, 0.25) is 29.1 Å². The summed E-state index contributed by atoms with van der Waals surface area (Å²) in [7, 11) is -5.58. The molecule has 37 heavy (non-hydrogen) atoms. The predicted molar refractivity (Wildman–Crippen MR) is 132 cm³/mol. The molecular weight excluding hydrogens is 513 g/mol. The number of halogens is 5. The van der Waals surface area contributed by atoms with Crippen LogP contribution >= 0.6 is 0 Å². The highest BCUT2D eigenvalue weighted by Gasteiger charge is 2.50. The van der Waals surface area contributed by atoms with Crippen molar-refractivity contribution in [1.29, 1.82) is 0 Å². The Kier molecular flexibility index (Phi) is 8.16. The summed E-state index contributed by atoms with van der Waals surface area (Å²) >= 11 is 0. The van der Waals surface area contributed by atoms with Gasteiger partial charge in [-0.25, -0.2) is 13.2 Å². The van der Waals surface area contributed by atoms with Gasteiger partial charge < -0.3 is 0 Å². The molecule has 199 valence electrons. The van der Waals surface area contributed by atoms with Gasteiger partial charge in [0.15, 0.2) is 0 Å². The van der Waals surface area contributed by atoms with Gasteiger partial charge in [0.1, 0.15) is 0 Å². The standard InChI is InChI=1S/C27H28F5NO3S/c1-13(2)18-9-8-10-19(14(3)4)26(18)33(25-16(6)11-15(5)12-17(25)7)36-37(34,35)27-23(31)21(29)20(28)22(30)24(27)32/h8-14H,1-7H3/q+1. The number of anilines is 2. The Morgan fingerprint density at radius 3 is 1.54 bits per heavy atom. The maximum atomic E-state index is 14.6. The first-order valence-corrected chi connectivity index (χ1v) is 13.0. The summed E-state index contributed by atoms with van der Waals surface area (Å²) in [6, 6.07) is 8.82. The summed E-state index contributed by atoms with van der Waals surface area (Å²) < 4.78 is 103. The van der Waals surface area contributed by atoms with Gasteiger partial charge in [-0.15, -0.1) is 0 Å². The molecule has 3 rings (SSSR count). The number of rotatable bonds is 7. The van der Waals surface area contributed by atoms with E-state index in [1.54, 1.807) is 44.2 Å². The van der Waals surface area contributed by atoms with Crippen LogP contribution in [0.4, 0.5) is 33.3 Å². The molecule has 0 amide bonds. The lowest BCUT2D eigenvalue weighted by Crippen LogP contribution is -2.31. The third-order valence-corrected chi connectivity index (χ3v) is 7.18. The zero-order chi connectivity index (χ0) is 28.0. The summed E-state index contributed by atoms with van der Waals surface area (Å²) in [5.41, 5.74) is 3.86. The molecular formula is C27H28F5NO3S+. The van der Waals surface area contributed by atoms with Gasteiger partial charge >= 0.3 is 15.4 Å². The average Bonchev–Trinajstić information content (AvgIpc) is 2.79. The topological polar surface area (TPSA) is 49.4 Å². The van der Waals surface area contributed by atoms with Crippen LogP contribution in [0.5, 0.6) is 0 Å². The highest BCUT2D eigenvalue weighted by atomic mass is 32.3. The number of benzene rings is 3. The molecule has 10 heteroatoms. The lowest BCUT2D eigenvalue weighted by molar-refractivity contribution is 0.246. The van der Waals surface area contributed by atoms with E-state index in [0.717, 1.165) is 10.6 Å². The van der Waals surface area contributed by atoms with E-state index in [1.807, 2.05) is 34.6 Å². The molecule has 0 aliphatic carbocycles. The minimum Gasteiger partial charge on any atom is -0.200 e. The quantitative estimate of drug-likeness (QED) is 0.0992. The average molecular weight is 542 g/mol. The summed E-state index contributed by atoms with van der Waals surface area (Å²) in [5.74, 6) is -12.6. The van der Waals surface area contributed by atoms with E-state index < -0.39 is 44.5 Å². The largest absolute Gasteiger partial charge is 0.460 e. The zero-order valence-corrected chi connectivity index (χ0v) is 22.3. The highest BCUT2D eigenvalue weighted by molar-refractivity contribution is 7.93. The third kappa shape index (κ3) is 5.28. The third-order valence-electron chi connectivity index (χ3n) is 5.98. The lowest BCUT2D eigenvalue weighted by atomic mass is 9.92. The molecule has 4 nitrogen and oxygen atoms in total. The van der Waals surface area contributed by atoms with Gasteiger partial charge in [0, 0.05) is 0 Å². The fourth-order valence-electron chi connectivity index (χ4n) is 4.37. The Morgan fingerprint density at radius 1 is 0.730 bits per heavy atom. The van der Waals surface area contributed by atoms with Crippen LogP contribution in [0.25, 0.3) is 0 Å². The Hall–Kier alpha value is -2.82. The van der Waals surface area contributed by atoms with E-state index in [1.165, 1.54) is 0 Å². The van der Waals surface area contributed by atoms with Crippen molar-refractivity contribution in [2.75, 3.05) is 5.06 Å². The van der Waals surface area contributed by atoms with Crippen molar-refractivity contribution in [1.82, 2.24) is 0 Å². The monoisotopic (exact) mass is 541 g/mol. The van der Waals surface area contributed by atoms with Gasteiger partial charge in [-0.3, -0.25) is 0 Å². The number of hydrogen-bond acceptors (Lipinski definition) is 3. The number of hydrogen-bond donors (Lipinski definition) is 0. The van der Waals surface area contributed by atoms with Crippen LogP contribution in [0.2, 0.25) is 0 Å². The minimum absolute atomic E-state index is 0.150. The van der Waals surface area contributed by atoms with E-state index in [9.17, 15) is 30.7 Å². The van der Waals surface area contributed by atoms with Crippen molar-refractivity contribution in [3.05, 3.63) is 87.2 Å². The first-order valence-electron chi connectivity index (χ1n) is 11.6. The zero-order valence-electron chi connectivity index (χ0n) is 21.5. The molecule has 1 unspecified atom stereocenters. The van der Waals surface area contributed by atoms with E-state index in [2.05, 4.69) is 0 Å². The number of nitrogens with zero attached hydrogens (tertiary/aromatic N) is 1. The fourth-order valence-corrected chi connectivity index (χ4v) is 5.40. The molecule has 0 spiro atoms. The maximum absolute atomic E-state index is 14.6. The molecule has 0 saturated heterocycles. The van der Waals surface area contributed by atoms with Crippen molar-refractivity contribution in [3.8, 4) is 0 Å². The van der Waals surface area contributed by atoms with Crippen molar-refractivity contribution < 1.29 is 35.0 Å². The lowest BCUT2D eigenvalue weighted by Gasteiger charge is -2.30. The fraction of sp³-hybridized carbons (Fsp3) is 0.333. The molecule has 0 N–H and O–H groups in total. The molecule has 1 radical (unpaired) electrons. The van der Waals surface area contributed by atoms with E-state index in [-0.39, 0.29) is 17.5 Å². The van der Waals surface area contributed by atoms with Crippen LogP contribution in [0.3, 0.4) is 0 Å². The second-order valence-electron chi connectivity index (χ2n) is 9.56. The molecule has 0 fully saturated rings. The predicted octanol–water partition coefficient (Wildman–Crippen LogP) is 8.44. The van der Waals surface area contributed by atoms with Crippen molar-refractivity contribution in [3.63, 3.8) is 0 Å². The van der Waals surface area contributed by atoms with Crippen molar-refractivity contribution in [2.45, 2.75) is 65.2 Å². The number of aryl methyl sites for hydroxylation is 3. The molecule has 0 saturated carbocycles. The smallest absolute Gasteiger partial charge is 0.200 e. The SMILES string of the molecule is Cc1cc(C)c(N(O[S+]([O])(=O)c2c(F)c(F)c(F)c(F)c2F)c2c(C(C)C)cccc2C(C)C)c(C)c1. The van der Waals surface area contributed by atoms with E-state index in [0.29, 0.717) is 27.9 Å². The molecule has 3 aromatic carbocycles. The second kappa shape index (κ2) is 10.5. The molecule has 1 atom stereocenters. The van der Waals surface area contributed by atoms with Gasteiger partial charge in [0.25, 0.3) is 0 Å². The Bertz CT molecular complexity index is 1330. The van der Waals surface area contributed by atoms with Crippen LogP contribution in [-0.4, -0.2) is 0 Å². The van der Waals surface area contributed by atoms with Gasteiger partial charge in [-0.2, -0.15) is 13.8 Å². The second-order valence-corrected chi connectivity index (χ2v) is 11.0. The van der Waals surface area contributed by atoms with Crippen LogP contribution in [0, 0.1) is 49.9 Å². The number of para-hydroxylation sites is 1. The van der Waals surface area contributed by atoms with E-state index >= 15 is 0 Å². The molecule has 3 aromatic rings. The van der Waals surface area contributed by atoms with Crippen LogP contribution < -0.4 is 5.06 Å². The highest BCUT2D eigenvalue weighted by Crippen LogP contribution is 2.44. The molecule has 0 heterocycles. The van der Waals surface area contributed by atoms with Crippen molar-refractivity contribution in [2.24, 2.45) is 0 Å². The Labute approximate surface area is 214 Å². The normalized spacial score (nSPS) is 13.4. The van der Waals surface area contributed by atoms with E-state index in [4.69, 9.17) is 4.28 Å². The molecule has 0 aliphatic rings. The van der Waals surface area contributed by atoms with Crippen LogP contribution in [0.1, 0.15) is 67.3 Å². The summed E-state index contributed by atoms with van der Waals surface area (Å²) in [4.78, 5) is -2.07.